The summed E-state index contributed by atoms with van der Waals surface area (Å²) in [5.41, 5.74) is 0.981. The molecule has 2 aliphatic heterocycles. The van der Waals surface area contributed by atoms with E-state index in [9.17, 15) is 9.59 Å². The normalized spacial score (nSPS) is 28.6. The molecule has 0 aromatic heterocycles. The zero-order chi connectivity index (χ0) is 18.6. The van der Waals surface area contributed by atoms with Gasteiger partial charge in [0.1, 0.15) is 12.4 Å². The number of piperidine rings is 1. The van der Waals surface area contributed by atoms with E-state index >= 15 is 0 Å². The van der Waals surface area contributed by atoms with E-state index in [-0.39, 0.29) is 36.6 Å². The lowest BCUT2D eigenvalue weighted by molar-refractivity contribution is -0.135. The number of nitrogens with zero attached hydrogens (tertiary/aromatic N) is 1. The molecule has 1 aromatic carbocycles. The van der Waals surface area contributed by atoms with Crippen molar-refractivity contribution >= 4 is 11.9 Å². The van der Waals surface area contributed by atoms with Crippen LogP contribution in [-0.2, 0) is 20.9 Å². The number of carbonyl (C=O) groups is 2. The third kappa shape index (κ3) is 4.18. The maximum Gasteiger partial charge on any atom is 0.410 e. The average molecular weight is 371 g/mol. The highest BCUT2D eigenvalue weighted by molar-refractivity contribution is 5.84. The SMILES string of the molecule is O=C(C1CCCCC1)C1CC2COCC(C1)N2C(=O)OCc1ccccc1. The van der Waals surface area contributed by atoms with Gasteiger partial charge in [0.05, 0.1) is 25.3 Å². The number of carbonyl (C=O) groups excluding carboxylic acids is 2. The Kier molecular flexibility index (Phi) is 5.77. The van der Waals surface area contributed by atoms with Gasteiger partial charge in [0.25, 0.3) is 0 Å². The fraction of sp³-hybridized carbons (Fsp3) is 0.636. The topological polar surface area (TPSA) is 55.8 Å². The zero-order valence-electron chi connectivity index (χ0n) is 15.8. The highest BCUT2D eigenvalue weighted by Crippen LogP contribution is 2.36. The molecule has 0 spiro atoms. The Morgan fingerprint density at radius 3 is 2.30 bits per heavy atom. The van der Waals surface area contributed by atoms with Crippen molar-refractivity contribution in [2.75, 3.05) is 13.2 Å². The lowest BCUT2D eigenvalue weighted by Crippen LogP contribution is -2.60. The van der Waals surface area contributed by atoms with Crippen molar-refractivity contribution in [2.24, 2.45) is 11.8 Å². The number of hydrogen-bond acceptors (Lipinski definition) is 4. The minimum Gasteiger partial charge on any atom is -0.445 e. The van der Waals surface area contributed by atoms with Gasteiger partial charge in [0, 0.05) is 11.8 Å². The molecule has 146 valence electrons. The molecule has 3 aliphatic rings. The minimum absolute atomic E-state index is 0.0432. The second kappa shape index (κ2) is 8.42. The van der Waals surface area contributed by atoms with Gasteiger partial charge in [-0.1, -0.05) is 49.6 Å². The number of rotatable bonds is 4. The number of ether oxygens (including phenoxy) is 2. The molecular formula is C22H29NO4. The van der Waals surface area contributed by atoms with Gasteiger partial charge in [-0.2, -0.15) is 0 Å². The maximum absolute atomic E-state index is 13.0. The van der Waals surface area contributed by atoms with Crippen LogP contribution in [0, 0.1) is 11.8 Å². The Bertz CT molecular complexity index is 642. The Labute approximate surface area is 161 Å². The molecule has 1 aromatic rings. The first-order valence-corrected chi connectivity index (χ1v) is 10.3. The molecule has 1 aliphatic carbocycles. The van der Waals surface area contributed by atoms with Gasteiger partial charge in [-0.15, -0.1) is 0 Å². The highest BCUT2D eigenvalue weighted by Gasteiger charge is 2.45. The van der Waals surface area contributed by atoms with Gasteiger partial charge in [0.2, 0.25) is 0 Å². The van der Waals surface area contributed by atoms with E-state index in [0.29, 0.717) is 31.8 Å². The number of amides is 1. The quantitative estimate of drug-likeness (QED) is 0.804. The van der Waals surface area contributed by atoms with Crippen molar-refractivity contribution < 1.29 is 19.1 Å². The largest absolute Gasteiger partial charge is 0.445 e. The van der Waals surface area contributed by atoms with E-state index in [1.807, 2.05) is 35.2 Å². The summed E-state index contributed by atoms with van der Waals surface area (Å²) in [5, 5.41) is 0. The maximum atomic E-state index is 13.0. The Morgan fingerprint density at radius 1 is 0.963 bits per heavy atom. The van der Waals surface area contributed by atoms with Crippen LogP contribution in [0.3, 0.4) is 0 Å². The summed E-state index contributed by atoms with van der Waals surface area (Å²) in [5.74, 6) is 0.746. The molecule has 0 radical (unpaired) electrons. The van der Waals surface area contributed by atoms with Crippen LogP contribution < -0.4 is 0 Å². The van der Waals surface area contributed by atoms with Gasteiger partial charge in [-0.25, -0.2) is 4.79 Å². The van der Waals surface area contributed by atoms with Crippen molar-refractivity contribution in [3.05, 3.63) is 35.9 Å². The molecule has 1 saturated carbocycles. The lowest BCUT2D eigenvalue weighted by Gasteiger charge is -2.47. The van der Waals surface area contributed by atoms with Crippen LogP contribution in [0.2, 0.25) is 0 Å². The molecule has 3 fully saturated rings. The van der Waals surface area contributed by atoms with Crippen LogP contribution in [0.25, 0.3) is 0 Å². The van der Waals surface area contributed by atoms with E-state index in [4.69, 9.17) is 9.47 Å². The second-order valence-corrected chi connectivity index (χ2v) is 8.20. The summed E-state index contributed by atoms with van der Waals surface area (Å²) in [7, 11) is 0. The molecule has 4 rings (SSSR count). The van der Waals surface area contributed by atoms with Gasteiger partial charge < -0.3 is 9.47 Å². The van der Waals surface area contributed by atoms with E-state index in [2.05, 4.69) is 0 Å². The first-order chi connectivity index (χ1) is 13.2. The van der Waals surface area contributed by atoms with Crippen molar-refractivity contribution in [2.45, 2.75) is 63.6 Å². The van der Waals surface area contributed by atoms with E-state index < -0.39 is 0 Å². The first kappa shape index (κ1) is 18.5. The standard InChI is InChI=1S/C22H29NO4/c24-21(17-9-5-2-6-10-17)18-11-19-14-26-15-20(12-18)23(19)22(25)27-13-16-7-3-1-4-8-16/h1,3-4,7-8,17-20H,2,5-6,9-15H2. The Balaban J connectivity index is 1.37. The molecule has 1 amide bonds. The van der Waals surface area contributed by atoms with Crippen molar-refractivity contribution in [1.82, 2.24) is 4.90 Å². The Morgan fingerprint density at radius 2 is 1.63 bits per heavy atom. The van der Waals surface area contributed by atoms with E-state index in [0.717, 1.165) is 18.4 Å². The minimum atomic E-state index is -0.277. The summed E-state index contributed by atoms with van der Waals surface area (Å²) in [6, 6.07) is 9.64. The predicted octanol–water partition coefficient (Wildman–Crippen LogP) is 3.95. The van der Waals surface area contributed by atoms with Crippen LogP contribution in [0.5, 0.6) is 0 Å². The number of morpholine rings is 1. The number of hydrogen-bond donors (Lipinski definition) is 0. The molecule has 2 bridgehead atoms. The smallest absolute Gasteiger partial charge is 0.410 e. The van der Waals surface area contributed by atoms with Crippen LogP contribution >= 0.6 is 0 Å². The summed E-state index contributed by atoms with van der Waals surface area (Å²) in [4.78, 5) is 27.6. The third-order valence-electron chi connectivity index (χ3n) is 6.35. The average Bonchev–Trinajstić information content (AvgIpc) is 2.72. The molecule has 2 atom stereocenters. The second-order valence-electron chi connectivity index (χ2n) is 8.20. The molecular weight excluding hydrogens is 342 g/mol. The summed E-state index contributed by atoms with van der Waals surface area (Å²) < 4.78 is 11.3. The summed E-state index contributed by atoms with van der Waals surface area (Å²) in [6.07, 6.45) is 6.86. The Hall–Kier alpha value is -1.88. The summed E-state index contributed by atoms with van der Waals surface area (Å²) >= 11 is 0. The first-order valence-electron chi connectivity index (χ1n) is 10.3. The molecule has 5 heteroatoms. The fourth-order valence-electron chi connectivity index (χ4n) is 4.96. The molecule has 27 heavy (non-hydrogen) atoms. The van der Waals surface area contributed by atoms with Crippen molar-refractivity contribution in [1.29, 1.82) is 0 Å². The summed E-state index contributed by atoms with van der Waals surface area (Å²) in [6.45, 7) is 1.29. The lowest BCUT2D eigenvalue weighted by atomic mass is 9.75. The van der Waals surface area contributed by atoms with Crippen LogP contribution in [0.15, 0.2) is 30.3 Å². The van der Waals surface area contributed by atoms with Gasteiger partial charge in [-0.3, -0.25) is 9.69 Å². The molecule has 5 nitrogen and oxygen atoms in total. The van der Waals surface area contributed by atoms with Crippen LogP contribution in [-0.4, -0.2) is 42.1 Å². The fourth-order valence-corrected chi connectivity index (χ4v) is 4.96. The molecule has 2 heterocycles. The van der Waals surface area contributed by atoms with Crippen molar-refractivity contribution in [3.63, 3.8) is 0 Å². The third-order valence-corrected chi connectivity index (χ3v) is 6.35. The van der Waals surface area contributed by atoms with E-state index in [1.54, 1.807) is 0 Å². The van der Waals surface area contributed by atoms with E-state index in [1.165, 1.54) is 19.3 Å². The van der Waals surface area contributed by atoms with Gasteiger partial charge in [0.15, 0.2) is 0 Å². The number of fused-ring (bicyclic) bond motifs is 2. The van der Waals surface area contributed by atoms with Gasteiger partial charge in [-0.05, 0) is 31.2 Å². The van der Waals surface area contributed by atoms with Crippen LogP contribution in [0.1, 0.15) is 50.5 Å². The predicted molar refractivity (Wildman–Crippen MR) is 101 cm³/mol. The molecule has 2 saturated heterocycles. The monoisotopic (exact) mass is 371 g/mol. The van der Waals surface area contributed by atoms with Crippen LogP contribution in [0.4, 0.5) is 4.79 Å². The number of Topliss-reactive ketones (excluding diaryl/α,β-unsaturated/α-hetero) is 1. The molecule has 0 N–H and O–H groups in total. The zero-order valence-corrected chi connectivity index (χ0v) is 15.8. The number of benzene rings is 1. The van der Waals surface area contributed by atoms with Crippen molar-refractivity contribution in [3.8, 4) is 0 Å². The van der Waals surface area contributed by atoms with Gasteiger partial charge >= 0.3 is 6.09 Å². The number of ketones is 1. The molecule has 2 unspecified atom stereocenters. The highest BCUT2D eigenvalue weighted by atomic mass is 16.6.